The number of amides is 4. The number of rotatable bonds is 3. The molecule has 1 saturated heterocycles. The van der Waals surface area contributed by atoms with Crippen molar-refractivity contribution in [2.45, 2.75) is 6.92 Å². The molecule has 1 fully saturated rings. The Kier molecular flexibility index (Phi) is 3.58. The molecule has 0 aromatic heterocycles. The number of hydrogen-bond acceptors (Lipinski definition) is 4. The molecule has 1 aromatic carbocycles. The predicted molar refractivity (Wildman–Crippen MR) is 72.8 cm³/mol. The summed E-state index contributed by atoms with van der Waals surface area (Å²) in [7, 11) is 0. The Labute approximate surface area is 120 Å². The van der Waals surface area contributed by atoms with Crippen LogP contribution >= 0.6 is 0 Å². The van der Waals surface area contributed by atoms with Gasteiger partial charge in [0.15, 0.2) is 0 Å². The molecule has 1 aromatic rings. The lowest BCUT2D eigenvalue weighted by Crippen LogP contribution is -2.56. The summed E-state index contributed by atoms with van der Waals surface area (Å²) >= 11 is 0. The highest BCUT2D eigenvalue weighted by Gasteiger charge is 2.41. The van der Waals surface area contributed by atoms with Gasteiger partial charge in [-0.05, 0) is 31.2 Å². The molecule has 0 saturated carbocycles. The molecule has 0 atom stereocenters. The van der Waals surface area contributed by atoms with Crippen molar-refractivity contribution in [1.82, 2.24) is 4.90 Å². The van der Waals surface area contributed by atoms with Crippen LogP contribution in [0.2, 0.25) is 0 Å². The Morgan fingerprint density at radius 2 is 1.71 bits per heavy atom. The van der Waals surface area contributed by atoms with Crippen LogP contribution < -0.4 is 4.90 Å². The number of hydrogen-bond donors (Lipinski definition) is 1. The molecule has 0 unspecified atom stereocenters. The van der Waals surface area contributed by atoms with Crippen molar-refractivity contribution in [2.24, 2.45) is 0 Å². The summed E-state index contributed by atoms with van der Waals surface area (Å²) in [6, 6.07) is 4.43. The van der Waals surface area contributed by atoms with Gasteiger partial charge in [-0.3, -0.25) is 14.5 Å². The Morgan fingerprint density at radius 3 is 2.19 bits per heavy atom. The molecule has 0 aliphatic carbocycles. The van der Waals surface area contributed by atoms with E-state index < -0.39 is 23.8 Å². The lowest BCUT2D eigenvalue weighted by Gasteiger charge is -2.32. The number of anilines is 1. The third kappa shape index (κ3) is 2.29. The standard InChI is InChI=1S/C14H12N2O5/c1-3-15-11(17)8(2)12(18)16(14(15)21)10-6-4-9(5-7-10)13(19)20/h4-7H,2-3H2,1H3,(H,19,20). The molecule has 2 rings (SSSR count). The number of imide groups is 2. The van der Waals surface area contributed by atoms with Crippen LogP contribution in [-0.4, -0.2) is 40.4 Å². The maximum absolute atomic E-state index is 12.2. The summed E-state index contributed by atoms with van der Waals surface area (Å²) < 4.78 is 0. The molecule has 1 heterocycles. The fourth-order valence-corrected chi connectivity index (χ4v) is 1.94. The SMILES string of the molecule is C=C1C(=O)N(CC)C(=O)N(c2ccc(C(=O)O)cc2)C1=O. The van der Waals surface area contributed by atoms with Gasteiger partial charge in [-0.1, -0.05) is 6.58 Å². The third-order valence-corrected chi connectivity index (χ3v) is 3.08. The average molecular weight is 288 g/mol. The van der Waals surface area contributed by atoms with Crippen molar-refractivity contribution in [3.05, 3.63) is 42.0 Å². The minimum atomic E-state index is -1.12. The molecule has 0 spiro atoms. The van der Waals surface area contributed by atoms with E-state index >= 15 is 0 Å². The number of carboxylic acid groups (broad SMARTS) is 1. The average Bonchev–Trinajstić information content (AvgIpc) is 2.46. The minimum absolute atomic E-state index is 0.0258. The highest BCUT2D eigenvalue weighted by Crippen LogP contribution is 2.24. The fraction of sp³-hybridized carbons (Fsp3) is 0.143. The van der Waals surface area contributed by atoms with Gasteiger partial charge < -0.3 is 5.11 Å². The Hall–Kier alpha value is -2.96. The maximum Gasteiger partial charge on any atom is 0.338 e. The Morgan fingerprint density at radius 1 is 1.14 bits per heavy atom. The second-order valence-corrected chi connectivity index (χ2v) is 4.30. The molecule has 1 aliphatic rings. The number of urea groups is 1. The first-order valence-corrected chi connectivity index (χ1v) is 6.11. The zero-order chi connectivity index (χ0) is 15.7. The van der Waals surface area contributed by atoms with Gasteiger partial charge in [0.2, 0.25) is 0 Å². The van der Waals surface area contributed by atoms with E-state index in [-0.39, 0.29) is 23.4 Å². The highest BCUT2D eigenvalue weighted by molar-refractivity contribution is 6.37. The van der Waals surface area contributed by atoms with Crippen LogP contribution in [0.15, 0.2) is 36.4 Å². The second kappa shape index (κ2) is 5.20. The number of carbonyl (C=O) groups excluding carboxylic acids is 3. The van der Waals surface area contributed by atoms with Crippen molar-refractivity contribution in [1.29, 1.82) is 0 Å². The number of barbiturate groups is 1. The molecule has 1 aliphatic heterocycles. The van der Waals surface area contributed by atoms with E-state index in [0.717, 1.165) is 9.80 Å². The zero-order valence-electron chi connectivity index (χ0n) is 11.2. The molecule has 4 amide bonds. The summed E-state index contributed by atoms with van der Waals surface area (Å²) in [6.07, 6.45) is 0. The van der Waals surface area contributed by atoms with E-state index in [2.05, 4.69) is 6.58 Å². The van der Waals surface area contributed by atoms with Gasteiger partial charge in [0.1, 0.15) is 0 Å². The summed E-state index contributed by atoms with van der Waals surface area (Å²) in [5.41, 5.74) is -0.0984. The van der Waals surface area contributed by atoms with Crippen LogP contribution in [0.4, 0.5) is 10.5 Å². The minimum Gasteiger partial charge on any atom is -0.478 e. The lowest BCUT2D eigenvalue weighted by molar-refractivity contribution is -0.128. The zero-order valence-corrected chi connectivity index (χ0v) is 11.2. The van der Waals surface area contributed by atoms with Crippen LogP contribution in [-0.2, 0) is 9.59 Å². The van der Waals surface area contributed by atoms with E-state index in [0.29, 0.717) is 0 Å². The molecule has 7 nitrogen and oxygen atoms in total. The number of benzene rings is 1. The molecular formula is C14H12N2O5. The number of aromatic carboxylic acids is 1. The molecule has 0 radical (unpaired) electrons. The Bertz CT molecular complexity index is 662. The molecule has 21 heavy (non-hydrogen) atoms. The van der Waals surface area contributed by atoms with Crippen LogP contribution in [0.5, 0.6) is 0 Å². The predicted octanol–water partition coefficient (Wildman–Crippen LogP) is 1.26. The summed E-state index contributed by atoms with van der Waals surface area (Å²) in [4.78, 5) is 48.5. The van der Waals surface area contributed by atoms with Crippen LogP contribution in [0.1, 0.15) is 17.3 Å². The van der Waals surface area contributed by atoms with E-state index in [9.17, 15) is 19.2 Å². The van der Waals surface area contributed by atoms with E-state index in [1.165, 1.54) is 24.3 Å². The van der Waals surface area contributed by atoms with Crippen LogP contribution in [0.25, 0.3) is 0 Å². The smallest absolute Gasteiger partial charge is 0.338 e. The summed E-state index contributed by atoms with van der Waals surface area (Å²) in [6.45, 7) is 5.11. The van der Waals surface area contributed by atoms with Crippen LogP contribution in [0.3, 0.4) is 0 Å². The van der Waals surface area contributed by atoms with Gasteiger partial charge in [0, 0.05) is 6.54 Å². The van der Waals surface area contributed by atoms with E-state index in [1.54, 1.807) is 6.92 Å². The lowest BCUT2D eigenvalue weighted by atomic mass is 10.1. The van der Waals surface area contributed by atoms with Gasteiger partial charge >= 0.3 is 12.0 Å². The first kappa shape index (κ1) is 14.4. The molecule has 7 heteroatoms. The summed E-state index contributed by atoms with van der Waals surface area (Å²) in [5.74, 6) is -2.64. The molecule has 1 N–H and O–H groups in total. The summed E-state index contributed by atoms with van der Waals surface area (Å²) in [5, 5.41) is 8.83. The third-order valence-electron chi connectivity index (χ3n) is 3.08. The van der Waals surface area contributed by atoms with Gasteiger partial charge in [-0.25, -0.2) is 14.5 Å². The largest absolute Gasteiger partial charge is 0.478 e. The highest BCUT2D eigenvalue weighted by atomic mass is 16.4. The van der Waals surface area contributed by atoms with Crippen molar-refractivity contribution in [2.75, 3.05) is 11.4 Å². The van der Waals surface area contributed by atoms with Crippen molar-refractivity contribution in [3.63, 3.8) is 0 Å². The Balaban J connectivity index is 2.43. The van der Waals surface area contributed by atoms with Gasteiger partial charge in [0.05, 0.1) is 16.8 Å². The van der Waals surface area contributed by atoms with Crippen molar-refractivity contribution >= 4 is 29.5 Å². The topological polar surface area (TPSA) is 95.0 Å². The number of carboxylic acids is 1. The molecular weight excluding hydrogens is 276 g/mol. The van der Waals surface area contributed by atoms with Gasteiger partial charge in [-0.15, -0.1) is 0 Å². The first-order valence-electron chi connectivity index (χ1n) is 6.11. The van der Waals surface area contributed by atoms with Gasteiger partial charge in [-0.2, -0.15) is 0 Å². The number of carbonyl (C=O) groups is 4. The van der Waals surface area contributed by atoms with Gasteiger partial charge in [0.25, 0.3) is 11.8 Å². The fourth-order valence-electron chi connectivity index (χ4n) is 1.94. The van der Waals surface area contributed by atoms with E-state index in [1.807, 2.05) is 0 Å². The quantitative estimate of drug-likeness (QED) is 0.667. The van der Waals surface area contributed by atoms with Crippen LogP contribution in [0, 0.1) is 0 Å². The molecule has 108 valence electrons. The number of nitrogens with zero attached hydrogens (tertiary/aromatic N) is 2. The molecule has 0 bridgehead atoms. The number of likely N-dealkylation sites (N-methyl/N-ethyl adjacent to an activating group) is 1. The van der Waals surface area contributed by atoms with Crippen molar-refractivity contribution < 1.29 is 24.3 Å². The monoisotopic (exact) mass is 288 g/mol. The first-order chi connectivity index (χ1) is 9.88. The normalized spacial score (nSPS) is 15.7. The van der Waals surface area contributed by atoms with E-state index in [4.69, 9.17) is 5.11 Å². The van der Waals surface area contributed by atoms with Crippen molar-refractivity contribution in [3.8, 4) is 0 Å². The maximum atomic E-state index is 12.2. The second-order valence-electron chi connectivity index (χ2n) is 4.30.